The molecule has 2 aromatic carbocycles. The molecule has 2 N–H and O–H groups in total. The molecule has 0 radical (unpaired) electrons. The quantitative estimate of drug-likeness (QED) is 0.461. The van der Waals surface area contributed by atoms with E-state index in [0.717, 1.165) is 18.4 Å². The third-order valence-electron chi connectivity index (χ3n) is 3.25. The predicted octanol–water partition coefficient (Wildman–Crippen LogP) is 3.23. The molecule has 5 heteroatoms. The van der Waals surface area contributed by atoms with E-state index in [9.17, 15) is 4.79 Å². The summed E-state index contributed by atoms with van der Waals surface area (Å²) in [5.74, 6) is 0.667. The number of para-hydroxylation sites is 2. The predicted molar refractivity (Wildman–Crippen MR) is 83.3 cm³/mol. The van der Waals surface area contributed by atoms with Crippen LogP contribution in [-0.2, 0) is 6.42 Å². The summed E-state index contributed by atoms with van der Waals surface area (Å²) >= 11 is 0. The lowest BCUT2D eigenvalue weighted by atomic mass is 10.0. The van der Waals surface area contributed by atoms with Crippen molar-refractivity contribution in [1.82, 2.24) is 0 Å². The molecule has 0 saturated carbocycles. The van der Waals surface area contributed by atoms with Crippen LogP contribution in [0.1, 0.15) is 22.3 Å². The molecule has 0 atom stereocenters. The highest BCUT2D eigenvalue weighted by Gasteiger charge is 2.17. The number of esters is 1. The molecule has 0 saturated heterocycles. The molecule has 21 heavy (non-hydrogen) atoms. The number of benzene rings is 2. The maximum atomic E-state index is 12.3. The lowest BCUT2D eigenvalue weighted by molar-refractivity contribution is 0.0725. The molecule has 0 spiro atoms. The maximum absolute atomic E-state index is 12.3. The van der Waals surface area contributed by atoms with Crippen LogP contribution in [-0.4, -0.2) is 12.6 Å². The van der Waals surface area contributed by atoms with Crippen LogP contribution in [0.2, 0.25) is 0 Å². The molecule has 0 unspecified atom stereocenters. The smallest absolute Gasteiger partial charge is 0.343 e. The largest absolute Gasteiger partial charge is 0.490 e. The van der Waals surface area contributed by atoms with Gasteiger partial charge in [0.25, 0.3) is 0 Å². The van der Waals surface area contributed by atoms with Gasteiger partial charge in [0.05, 0.1) is 12.2 Å². The molecule has 1 aliphatic rings. The van der Waals surface area contributed by atoms with Crippen LogP contribution in [0.25, 0.3) is 0 Å². The minimum absolute atomic E-state index is 0. The van der Waals surface area contributed by atoms with Crippen molar-refractivity contribution in [2.45, 2.75) is 12.8 Å². The van der Waals surface area contributed by atoms with Crippen molar-refractivity contribution < 1.29 is 14.3 Å². The monoisotopic (exact) mass is 305 g/mol. The summed E-state index contributed by atoms with van der Waals surface area (Å²) < 4.78 is 11.1. The second-order valence-corrected chi connectivity index (χ2v) is 4.70. The fourth-order valence-corrected chi connectivity index (χ4v) is 2.27. The Morgan fingerprint density at radius 3 is 2.62 bits per heavy atom. The average Bonchev–Trinajstić information content (AvgIpc) is 2.45. The number of ether oxygens (including phenoxy) is 2. The van der Waals surface area contributed by atoms with Gasteiger partial charge < -0.3 is 15.2 Å². The van der Waals surface area contributed by atoms with Gasteiger partial charge in [-0.05, 0) is 48.7 Å². The van der Waals surface area contributed by atoms with Crippen LogP contribution >= 0.6 is 12.4 Å². The van der Waals surface area contributed by atoms with Crippen molar-refractivity contribution in [3.05, 3.63) is 53.6 Å². The summed E-state index contributed by atoms with van der Waals surface area (Å²) in [7, 11) is 0. The van der Waals surface area contributed by atoms with Crippen molar-refractivity contribution in [2.75, 3.05) is 12.3 Å². The first-order chi connectivity index (χ1) is 9.74. The first kappa shape index (κ1) is 15.2. The standard InChI is InChI=1S/C16H15NO3.ClH/c17-12-7-8-13-11(10-12)4-3-9-19-14-5-1-2-6-15(14)20-16(13)18;/h1-2,5-8,10H,3-4,9,17H2;1H. The average molecular weight is 306 g/mol. The Bertz CT molecular complexity index is 658. The Morgan fingerprint density at radius 2 is 1.81 bits per heavy atom. The number of hydrogen-bond donors (Lipinski definition) is 1. The van der Waals surface area contributed by atoms with E-state index in [1.54, 1.807) is 24.3 Å². The summed E-state index contributed by atoms with van der Waals surface area (Å²) in [6.07, 6.45) is 1.55. The lowest BCUT2D eigenvalue weighted by Gasteiger charge is -2.16. The lowest BCUT2D eigenvalue weighted by Crippen LogP contribution is -2.15. The fourth-order valence-electron chi connectivity index (χ4n) is 2.27. The molecule has 1 heterocycles. The minimum Gasteiger partial charge on any atom is -0.490 e. The number of nitrogens with two attached hydrogens (primary N) is 1. The highest BCUT2D eigenvalue weighted by Crippen LogP contribution is 2.29. The number of carbonyl (C=O) groups excluding carboxylic acids is 1. The number of fused-ring (bicyclic) bond motifs is 2. The van der Waals surface area contributed by atoms with Crippen LogP contribution in [0.3, 0.4) is 0 Å². The Hall–Kier alpha value is -2.20. The van der Waals surface area contributed by atoms with Crippen LogP contribution in [0.15, 0.2) is 42.5 Å². The Morgan fingerprint density at radius 1 is 1.05 bits per heavy atom. The van der Waals surface area contributed by atoms with E-state index < -0.39 is 0 Å². The summed E-state index contributed by atoms with van der Waals surface area (Å²) in [4.78, 5) is 12.3. The van der Waals surface area contributed by atoms with Crippen molar-refractivity contribution in [3.8, 4) is 11.5 Å². The van der Waals surface area contributed by atoms with Gasteiger partial charge in [-0.25, -0.2) is 4.79 Å². The number of carbonyl (C=O) groups is 1. The zero-order valence-corrected chi connectivity index (χ0v) is 12.2. The number of rotatable bonds is 0. The molecule has 0 fully saturated rings. The fraction of sp³-hybridized carbons (Fsp3) is 0.188. The molecule has 3 rings (SSSR count). The third kappa shape index (κ3) is 3.28. The second kappa shape index (κ2) is 6.50. The van der Waals surface area contributed by atoms with Crippen LogP contribution in [0, 0.1) is 0 Å². The number of aryl methyl sites for hydroxylation is 1. The van der Waals surface area contributed by atoms with Crippen molar-refractivity contribution in [2.24, 2.45) is 0 Å². The normalized spacial score (nSPS) is 13.8. The van der Waals surface area contributed by atoms with Crippen LogP contribution in [0.5, 0.6) is 11.5 Å². The molecular weight excluding hydrogens is 290 g/mol. The molecule has 0 bridgehead atoms. The Kier molecular flexibility index (Phi) is 4.70. The van der Waals surface area contributed by atoms with Gasteiger partial charge in [-0.2, -0.15) is 0 Å². The van der Waals surface area contributed by atoms with E-state index in [1.165, 1.54) is 0 Å². The summed E-state index contributed by atoms with van der Waals surface area (Å²) in [6.45, 7) is 0.572. The second-order valence-electron chi connectivity index (χ2n) is 4.70. The van der Waals surface area contributed by atoms with Gasteiger partial charge in [-0.1, -0.05) is 12.1 Å². The first-order valence-electron chi connectivity index (χ1n) is 6.56. The highest BCUT2D eigenvalue weighted by molar-refractivity contribution is 5.93. The van der Waals surface area contributed by atoms with Gasteiger partial charge in [0, 0.05) is 5.69 Å². The first-order valence-corrected chi connectivity index (χ1v) is 6.56. The molecule has 110 valence electrons. The molecule has 2 aromatic rings. The van der Waals surface area contributed by atoms with Gasteiger partial charge in [0.1, 0.15) is 0 Å². The summed E-state index contributed by atoms with van der Waals surface area (Å²) in [5, 5.41) is 0. The molecule has 0 aromatic heterocycles. The van der Waals surface area contributed by atoms with Gasteiger partial charge in [-0.15, -0.1) is 12.4 Å². The van der Waals surface area contributed by atoms with Crippen LogP contribution < -0.4 is 15.2 Å². The number of hydrogen-bond acceptors (Lipinski definition) is 4. The molecular formula is C16H16ClNO3. The van der Waals surface area contributed by atoms with Gasteiger partial charge >= 0.3 is 5.97 Å². The minimum atomic E-state index is -0.377. The zero-order valence-electron chi connectivity index (χ0n) is 11.4. The third-order valence-corrected chi connectivity index (χ3v) is 3.25. The van der Waals surface area contributed by atoms with Gasteiger partial charge in [0.15, 0.2) is 11.5 Å². The highest BCUT2D eigenvalue weighted by atomic mass is 35.5. The number of halogens is 1. The SMILES string of the molecule is Cl.Nc1ccc2c(c1)CCCOc1ccccc1OC2=O. The molecule has 1 aliphatic heterocycles. The van der Waals surface area contributed by atoms with E-state index in [0.29, 0.717) is 29.4 Å². The molecule has 0 amide bonds. The zero-order chi connectivity index (χ0) is 13.9. The van der Waals surface area contributed by atoms with E-state index in [4.69, 9.17) is 15.2 Å². The van der Waals surface area contributed by atoms with Crippen molar-refractivity contribution in [3.63, 3.8) is 0 Å². The molecule has 0 aliphatic carbocycles. The molecule has 4 nitrogen and oxygen atoms in total. The van der Waals surface area contributed by atoms with E-state index in [1.807, 2.05) is 18.2 Å². The number of nitrogen functional groups attached to an aromatic ring is 1. The summed E-state index contributed by atoms with van der Waals surface area (Å²) in [6, 6.07) is 12.5. The number of anilines is 1. The topological polar surface area (TPSA) is 61.6 Å². The Labute approximate surface area is 129 Å². The Balaban J connectivity index is 0.00000161. The van der Waals surface area contributed by atoms with Gasteiger partial charge in [-0.3, -0.25) is 0 Å². The van der Waals surface area contributed by atoms with Gasteiger partial charge in [0.2, 0.25) is 0 Å². The van der Waals surface area contributed by atoms with Crippen molar-refractivity contribution >= 4 is 24.1 Å². The van der Waals surface area contributed by atoms with E-state index in [-0.39, 0.29) is 18.4 Å². The van der Waals surface area contributed by atoms with Crippen LogP contribution in [0.4, 0.5) is 5.69 Å². The van der Waals surface area contributed by atoms with E-state index >= 15 is 0 Å². The maximum Gasteiger partial charge on any atom is 0.343 e. The summed E-state index contributed by atoms with van der Waals surface area (Å²) in [5.41, 5.74) is 7.90. The van der Waals surface area contributed by atoms with Crippen molar-refractivity contribution in [1.29, 1.82) is 0 Å². The van der Waals surface area contributed by atoms with E-state index in [2.05, 4.69) is 0 Å².